The van der Waals surface area contributed by atoms with Crippen LogP contribution in [0, 0.1) is 5.92 Å². The maximum Gasteiger partial charge on any atom is 0.322 e. The number of nitrogens with one attached hydrogen (secondary N) is 2. The van der Waals surface area contributed by atoms with Crippen LogP contribution in [0.4, 0.5) is 10.5 Å². The van der Waals surface area contributed by atoms with Crippen molar-refractivity contribution in [1.29, 1.82) is 0 Å². The van der Waals surface area contributed by atoms with Crippen molar-refractivity contribution in [3.05, 3.63) is 59.8 Å². The molecule has 5 heterocycles. The lowest BCUT2D eigenvalue weighted by atomic mass is 9.83. The van der Waals surface area contributed by atoms with Gasteiger partial charge in [0.25, 0.3) is 0 Å². The number of urea groups is 1. The van der Waals surface area contributed by atoms with Crippen molar-refractivity contribution in [3.63, 3.8) is 0 Å². The first-order valence-electron chi connectivity index (χ1n) is 17.9. The van der Waals surface area contributed by atoms with Crippen molar-refractivity contribution in [2.24, 2.45) is 5.92 Å². The van der Waals surface area contributed by atoms with Crippen LogP contribution < -0.4 is 5.32 Å². The van der Waals surface area contributed by atoms with E-state index in [0.717, 1.165) is 73.2 Å². The van der Waals surface area contributed by atoms with Crippen LogP contribution in [0.5, 0.6) is 0 Å². The summed E-state index contributed by atoms with van der Waals surface area (Å²) in [5.74, 6) is -0.473. The molecule has 48 heavy (non-hydrogen) atoms. The number of piperidine rings is 2. The van der Waals surface area contributed by atoms with E-state index in [9.17, 15) is 14.4 Å². The quantitative estimate of drug-likeness (QED) is 0.399. The topological polar surface area (TPSA) is 108 Å². The van der Waals surface area contributed by atoms with Gasteiger partial charge in [0.1, 0.15) is 0 Å². The van der Waals surface area contributed by atoms with Gasteiger partial charge in [-0.2, -0.15) is 5.10 Å². The smallest absolute Gasteiger partial charge is 0.322 e. The lowest BCUT2D eigenvalue weighted by Crippen LogP contribution is -2.55. The molecule has 0 aliphatic carbocycles. The van der Waals surface area contributed by atoms with Crippen LogP contribution in [0.3, 0.4) is 0 Å². The van der Waals surface area contributed by atoms with Gasteiger partial charge in [0.2, 0.25) is 11.8 Å². The molecule has 2 unspecified atom stereocenters. The number of carbonyl (C=O) groups excluding carboxylic acids is 3. The summed E-state index contributed by atoms with van der Waals surface area (Å²) >= 11 is 0. The molecule has 2 N–H and O–H groups in total. The molecule has 3 saturated heterocycles. The fourth-order valence-electron chi connectivity index (χ4n) is 8.34. The Morgan fingerprint density at radius 1 is 0.875 bits per heavy atom. The van der Waals surface area contributed by atoms with Crippen LogP contribution in [0.25, 0.3) is 10.9 Å². The highest BCUT2D eigenvalue weighted by molar-refractivity contribution is 5.91. The van der Waals surface area contributed by atoms with E-state index in [2.05, 4.69) is 57.5 Å². The molecule has 4 aliphatic heterocycles. The molecule has 11 heteroatoms. The number of hydrogen-bond donors (Lipinski definition) is 2. The normalized spacial score (nSPS) is 21.9. The molecule has 0 spiro atoms. The zero-order chi connectivity index (χ0) is 33.2. The number of carbonyl (C=O) groups is 3. The van der Waals surface area contributed by atoms with E-state index in [0.29, 0.717) is 38.8 Å². The van der Waals surface area contributed by atoms with Gasteiger partial charge in [-0.1, -0.05) is 31.2 Å². The van der Waals surface area contributed by atoms with E-state index in [1.54, 1.807) is 0 Å². The van der Waals surface area contributed by atoms with Gasteiger partial charge in [-0.25, -0.2) is 4.79 Å². The summed E-state index contributed by atoms with van der Waals surface area (Å²) in [5.41, 5.74) is 4.05. The average molecular weight is 655 g/mol. The number of benzene rings is 2. The minimum atomic E-state index is -0.454. The minimum Gasteiger partial charge on any atom is -0.343 e. The first kappa shape index (κ1) is 32.6. The van der Waals surface area contributed by atoms with Crippen LogP contribution in [0.15, 0.2) is 48.7 Å². The zero-order valence-corrected chi connectivity index (χ0v) is 28.4. The number of anilines is 1. The summed E-state index contributed by atoms with van der Waals surface area (Å²) in [6.07, 6.45) is 6.64. The molecular formula is C37H50N8O3. The van der Waals surface area contributed by atoms with Gasteiger partial charge in [-0.05, 0) is 87.5 Å². The number of para-hydroxylation sites is 1. The second-order valence-electron chi connectivity index (χ2n) is 14.4. The van der Waals surface area contributed by atoms with E-state index >= 15 is 0 Å². The number of hydrogen-bond acceptors (Lipinski definition) is 6. The van der Waals surface area contributed by atoms with Gasteiger partial charge in [-0.15, -0.1) is 0 Å². The van der Waals surface area contributed by atoms with Crippen LogP contribution in [0.2, 0.25) is 0 Å². The number of H-pyrrole nitrogens is 1. The van der Waals surface area contributed by atoms with Gasteiger partial charge in [0.15, 0.2) is 0 Å². The summed E-state index contributed by atoms with van der Waals surface area (Å²) in [6.45, 7) is 9.38. The Hall–Kier alpha value is -3.96. The Kier molecular flexibility index (Phi) is 9.68. The Morgan fingerprint density at radius 3 is 2.38 bits per heavy atom. The van der Waals surface area contributed by atoms with Gasteiger partial charge in [0.05, 0.1) is 17.6 Å². The molecule has 3 fully saturated rings. The molecular weight excluding hydrogens is 604 g/mol. The SMILES string of the molecule is CC(c1ccc2[nH]ncc2c1)C(CC(=O)N1CCC(N2CCc3ccccc3NC2=O)CC1)C(=O)N1CCN(C2CCN(C)CC2)CC1. The summed E-state index contributed by atoms with van der Waals surface area (Å²) in [4.78, 5) is 52.3. The number of likely N-dealkylation sites (tertiary alicyclic amines) is 2. The molecule has 0 saturated carbocycles. The lowest BCUT2D eigenvalue weighted by Gasteiger charge is -2.43. The van der Waals surface area contributed by atoms with Crippen molar-refractivity contribution >= 4 is 34.4 Å². The molecule has 0 radical (unpaired) electrons. The van der Waals surface area contributed by atoms with Gasteiger partial charge < -0.3 is 24.9 Å². The maximum atomic E-state index is 14.4. The monoisotopic (exact) mass is 654 g/mol. The predicted molar refractivity (Wildman–Crippen MR) is 187 cm³/mol. The van der Waals surface area contributed by atoms with E-state index < -0.39 is 5.92 Å². The van der Waals surface area contributed by atoms with Gasteiger partial charge in [-0.3, -0.25) is 19.6 Å². The molecule has 3 aromatic rings. The highest BCUT2D eigenvalue weighted by Gasteiger charge is 2.37. The van der Waals surface area contributed by atoms with Crippen LogP contribution in [-0.4, -0.2) is 131 Å². The number of piperazine rings is 1. The van der Waals surface area contributed by atoms with Crippen LogP contribution >= 0.6 is 0 Å². The third kappa shape index (κ3) is 6.94. The summed E-state index contributed by atoms with van der Waals surface area (Å²) in [6, 6.07) is 14.8. The Labute approximate surface area is 283 Å². The van der Waals surface area contributed by atoms with Crippen molar-refractivity contribution in [3.8, 4) is 0 Å². The van der Waals surface area contributed by atoms with E-state index in [1.165, 1.54) is 12.8 Å². The number of aromatic nitrogens is 2. The fraction of sp³-hybridized carbons (Fsp3) is 0.568. The summed E-state index contributed by atoms with van der Waals surface area (Å²) < 4.78 is 0. The van der Waals surface area contributed by atoms with Crippen LogP contribution in [0.1, 0.15) is 56.1 Å². The van der Waals surface area contributed by atoms with Crippen molar-refractivity contribution in [1.82, 2.24) is 34.7 Å². The fourth-order valence-corrected chi connectivity index (χ4v) is 8.34. The number of amides is 4. The van der Waals surface area contributed by atoms with Crippen molar-refractivity contribution < 1.29 is 14.4 Å². The maximum absolute atomic E-state index is 14.4. The Balaban J connectivity index is 1.01. The Morgan fingerprint density at radius 2 is 1.60 bits per heavy atom. The lowest BCUT2D eigenvalue weighted by molar-refractivity contribution is -0.144. The second-order valence-corrected chi connectivity index (χ2v) is 14.4. The summed E-state index contributed by atoms with van der Waals surface area (Å²) in [5, 5.41) is 11.3. The first-order chi connectivity index (χ1) is 23.3. The van der Waals surface area contributed by atoms with Gasteiger partial charge in [0, 0.05) is 75.4 Å². The van der Waals surface area contributed by atoms with Crippen molar-refractivity contribution in [2.45, 2.75) is 63.5 Å². The Bertz CT molecular complexity index is 1600. The molecule has 2 atom stereocenters. The number of rotatable bonds is 7. The highest BCUT2D eigenvalue weighted by atomic mass is 16.2. The molecule has 256 valence electrons. The zero-order valence-electron chi connectivity index (χ0n) is 28.4. The second kappa shape index (κ2) is 14.3. The molecule has 1 aromatic heterocycles. The highest BCUT2D eigenvalue weighted by Crippen LogP contribution is 2.33. The summed E-state index contributed by atoms with van der Waals surface area (Å²) in [7, 11) is 2.19. The predicted octanol–water partition coefficient (Wildman–Crippen LogP) is 3.99. The standard InChI is InChI=1S/C37H50N8O3/c1-26(28-7-8-34-29(23-28)25-38-40-34)32(36(47)44-21-19-42(20-22-44)30-10-14-41(2)15-11-30)24-35(46)43-16-12-31(13-17-43)45-18-9-27-5-3-4-6-33(27)39-37(45)48/h3-8,23,25-26,30-32H,9-22,24H2,1-2H3,(H,38,40)(H,39,48). The third-order valence-electron chi connectivity index (χ3n) is 11.5. The molecule has 11 nitrogen and oxygen atoms in total. The minimum absolute atomic E-state index is 0.0284. The third-order valence-corrected chi connectivity index (χ3v) is 11.5. The number of nitrogens with zero attached hydrogens (tertiary/aromatic N) is 6. The van der Waals surface area contributed by atoms with Crippen LogP contribution in [-0.2, 0) is 16.0 Å². The average Bonchev–Trinajstić information content (AvgIpc) is 3.52. The van der Waals surface area contributed by atoms with Crippen molar-refractivity contribution in [2.75, 3.05) is 71.3 Å². The number of aromatic amines is 1. The molecule has 4 amide bonds. The van der Waals surface area contributed by atoms with E-state index in [4.69, 9.17) is 0 Å². The molecule has 4 aliphatic rings. The number of fused-ring (bicyclic) bond motifs is 2. The first-order valence-corrected chi connectivity index (χ1v) is 17.9. The van der Waals surface area contributed by atoms with E-state index in [-0.39, 0.29) is 36.2 Å². The van der Waals surface area contributed by atoms with Gasteiger partial charge >= 0.3 is 6.03 Å². The largest absolute Gasteiger partial charge is 0.343 e. The molecule has 2 aromatic carbocycles. The molecule has 0 bridgehead atoms. The molecule has 7 rings (SSSR count). The van der Waals surface area contributed by atoms with E-state index in [1.807, 2.05) is 45.2 Å².